The second-order valence-electron chi connectivity index (χ2n) is 7.52. The minimum atomic E-state index is -3.64. The van der Waals surface area contributed by atoms with Gasteiger partial charge in [-0.1, -0.05) is 6.92 Å². The monoisotopic (exact) mass is 465 g/mol. The molecule has 0 radical (unpaired) electrons. The summed E-state index contributed by atoms with van der Waals surface area (Å²) in [6.45, 7) is 6.72. The number of aromatic nitrogens is 2. The van der Waals surface area contributed by atoms with E-state index in [1.165, 1.54) is 19.3 Å². The van der Waals surface area contributed by atoms with Gasteiger partial charge in [0.1, 0.15) is 5.82 Å². The molecule has 1 saturated heterocycles. The van der Waals surface area contributed by atoms with Crippen molar-refractivity contribution in [1.29, 1.82) is 0 Å². The Morgan fingerprint density at radius 2 is 2.06 bits per heavy atom. The Bertz CT molecular complexity index is 1070. The summed E-state index contributed by atoms with van der Waals surface area (Å²) in [5.74, 6) is -0.953. The van der Waals surface area contributed by atoms with Gasteiger partial charge in [-0.05, 0) is 24.6 Å². The summed E-state index contributed by atoms with van der Waals surface area (Å²) in [4.78, 5) is 24.0. The first-order valence-electron chi connectivity index (χ1n) is 10.3. The highest BCUT2D eigenvalue weighted by Gasteiger charge is 2.25. The van der Waals surface area contributed by atoms with Crippen LogP contribution in [0.25, 0.3) is 0 Å². The topological polar surface area (TPSA) is 120 Å². The summed E-state index contributed by atoms with van der Waals surface area (Å²) in [6, 6.07) is 5.05. The second-order valence-corrected chi connectivity index (χ2v) is 9.02. The number of amides is 1. The van der Waals surface area contributed by atoms with E-state index in [1.54, 1.807) is 19.2 Å². The van der Waals surface area contributed by atoms with Crippen LogP contribution >= 0.6 is 0 Å². The molecule has 2 aromatic heterocycles. The minimum Gasteiger partial charge on any atom is -0.367 e. The molecule has 3 rings (SSSR count). The van der Waals surface area contributed by atoms with Crippen molar-refractivity contribution >= 4 is 27.6 Å². The molecule has 1 amide bonds. The van der Waals surface area contributed by atoms with Crippen LogP contribution in [0.15, 0.2) is 30.6 Å². The molecule has 174 valence electrons. The van der Waals surface area contributed by atoms with Gasteiger partial charge in [0.25, 0.3) is 16.1 Å². The Morgan fingerprint density at radius 3 is 2.72 bits per heavy atom. The van der Waals surface area contributed by atoms with Gasteiger partial charge in [0.2, 0.25) is 0 Å². The largest absolute Gasteiger partial charge is 0.367 e. The number of carbonyl (C=O) groups excluding carboxylic acids is 1. The second kappa shape index (κ2) is 10.2. The molecule has 1 fully saturated rings. The van der Waals surface area contributed by atoms with Gasteiger partial charge in [-0.3, -0.25) is 14.4 Å². The average molecular weight is 466 g/mol. The van der Waals surface area contributed by atoms with Gasteiger partial charge in [-0.25, -0.2) is 14.4 Å². The molecule has 0 saturated carbocycles. The molecule has 10 nitrogen and oxygen atoms in total. The van der Waals surface area contributed by atoms with Crippen LogP contribution in [-0.2, 0) is 16.8 Å². The molecule has 1 aliphatic rings. The summed E-state index contributed by atoms with van der Waals surface area (Å²) in [7, 11) is -2.21. The van der Waals surface area contributed by atoms with Crippen molar-refractivity contribution in [2.45, 2.75) is 26.4 Å². The van der Waals surface area contributed by atoms with Gasteiger partial charge < -0.3 is 10.2 Å². The molecule has 0 spiro atoms. The third kappa shape index (κ3) is 5.90. The number of piperazine rings is 1. The third-order valence-electron chi connectivity index (χ3n) is 5.18. The van der Waals surface area contributed by atoms with Crippen molar-refractivity contribution in [1.82, 2.24) is 24.9 Å². The first-order chi connectivity index (χ1) is 15.2. The van der Waals surface area contributed by atoms with Gasteiger partial charge in [0.05, 0.1) is 11.9 Å². The quantitative estimate of drug-likeness (QED) is 0.531. The lowest BCUT2D eigenvalue weighted by molar-refractivity contribution is 0.0953. The smallest absolute Gasteiger partial charge is 0.300 e. The van der Waals surface area contributed by atoms with Gasteiger partial charge >= 0.3 is 0 Å². The van der Waals surface area contributed by atoms with Crippen LogP contribution in [0.3, 0.4) is 0 Å². The van der Waals surface area contributed by atoms with Crippen LogP contribution in [0.2, 0.25) is 0 Å². The lowest BCUT2D eigenvalue weighted by Gasteiger charge is -2.41. The van der Waals surface area contributed by atoms with Crippen molar-refractivity contribution < 1.29 is 17.6 Å². The number of nitrogens with one attached hydrogen (secondary N) is 3. The van der Waals surface area contributed by atoms with E-state index in [0.717, 1.165) is 12.1 Å². The van der Waals surface area contributed by atoms with E-state index in [0.29, 0.717) is 25.3 Å². The van der Waals surface area contributed by atoms with Crippen LogP contribution < -0.4 is 19.7 Å². The summed E-state index contributed by atoms with van der Waals surface area (Å²) in [6.07, 6.45) is 3.09. The molecule has 3 N–H and O–H groups in total. The van der Waals surface area contributed by atoms with E-state index in [4.69, 9.17) is 0 Å². The van der Waals surface area contributed by atoms with Crippen molar-refractivity contribution in [3.8, 4) is 0 Å². The number of pyridine rings is 2. The van der Waals surface area contributed by atoms with E-state index < -0.39 is 21.9 Å². The van der Waals surface area contributed by atoms with Crippen molar-refractivity contribution in [2.75, 3.05) is 42.8 Å². The summed E-state index contributed by atoms with van der Waals surface area (Å²) in [5.41, 5.74) is 1.34. The minimum absolute atomic E-state index is 0.153. The molecule has 32 heavy (non-hydrogen) atoms. The zero-order valence-corrected chi connectivity index (χ0v) is 19.1. The molecule has 0 bridgehead atoms. The molecule has 0 aliphatic carbocycles. The molecular weight excluding hydrogens is 437 g/mol. The molecule has 12 heteroatoms. The lowest BCUT2D eigenvalue weighted by atomic mass is 10.1. The number of hydrogen-bond acceptors (Lipinski definition) is 7. The fourth-order valence-electron chi connectivity index (χ4n) is 3.58. The fraction of sp³-hybridized carbons (Fsp3) is 0.450. The first kappa shape index (κ1) is 23.8. The highest BCUT2D eigenvalue weighted by Crippen LogP contribution is 2.22. The van der Waals surface area contributed by atoms with E-state index in [9.17, 15) is 17.6 Å². The Balaban J connectivity index is 1.63. The first-order valence-corrected chi connectivity index (χ1v) is 11.8. The van der Waals surface area contributed by atoms with E-state index in [1.807, 2.05) is 11.0 Å². The Labute approximate surface area is 187 Å². The maximum absolute atomic E-state index is 14.3. The molecular formula is C20H28FN7O3S. The van der Waals surface area contributed by atoms with Gasteiger partial charge in [-0.15, -0.1) is 0 Å². The van der Waals surface area contributed by atoms with Crippen molar-refractivity contribution in [3.05, 3.63) is 47.7 Å². The van der Waals surface area contributed by atoms with Crippen LogP contribution in [-0.4, -0.2) is 68.5 Å². The normalized spacial score (nSPS) is 17.2. The molecule has 1 atom stereocenters. The van der Waals surface area contributed by atoms with Crippen molar-refractivity contribution in [3.63, 3.8) is 0 Å². The summed E-state index contributed by atoms with van der Waals surface area (Å²) >= 11 is 0. The zero-order chi connectivity index (χ0) is 23.3. The Hall–Kier alpha value is -2.83. The van der Waals surface area contributed by atoms with Gasteiger partial charge in [0, 0.05) is 58.1 Å². The number of rotatable bonds is 8. The maximum atomic E-state index is 14.3. The van der Waals surface area contributed by atoms with E-state index in [-0.39, 0.29) is 24.1 Å². The summed E-state index contributed by atoms with van der Waals surface area (Å²) in [5, 5.41) is 2.37. The predicted molar refractivity (Wildman–Crippen MR) is 120 cm³/mol. The fourth-order valence-corrected chi connectivity index (χ4v) is 4.42. The van der Waals surface area contributed by atoms with Gasteiger partial charge in [0.15, 0.2) is 11.5 Å². The standard InChI is InChI=1S/C20H28FN7O3S/c1-4-25-32(30,31)26-18-9-15(5-6-23-18)13-27-7-8-28(12-14(27)2)16-10-17(21)19(24-11-16)20(29)22-3/h5-6,9-11,14,25H,4,7-8,12-13H2,1-3H3,(H,22,29)(H,23,26). The number of carbonyl (C=O) groups is 1. The Kier molecular flexibility index (Phi) is 7.59. The molecule has 1 unspecified atom stereocenters. The number of anilines is 2. The zero-order valence-electron chi connectivity index (χ0n) is 18.3. The van der Waals surface area contributed by atoms with Crippen LogP contribution in [0.5, 0.6) is 0 Å². The molecule has 1 aliphatic heterocycles. The van der Waals surface area contributed by atoms with E-state index >= 15 is 0 Å². The SMILES string of the molecule is CCNS(=O)(=O)Nc1cc(CN2CCN(c3cnc(C(=O)NC)c(F)c3)CC2C)ccn1. The lowest BCUT2D eigenvalue weighted by Crippen LogP contribution is -2.51. The summed E-state index contributed by atoms with van der Waals surface area (Å²) < 4.78 is 42.8. The van der Waals surface area contributed by atoms with Crippen LogP contribution in [0, 0.1) is 5.82 Å². The van der Waals surface area contributed by atoms with E-state index in [2.05, 4.69) is 36.6 Å². The Morgan fingerprint density at radius 1 is 1.28 bits per heavy atom. The van der Waals surface area contributed by atoms with Crippen molar-refractivity contribution in [2.24, 2.45) is 0 Å². The molecule has 3 heterocycles. The highest BCUT2D eigenvalue weighted by molar-refractivity contribution is 7.90. The molecule has 2 aromatic rings. The maximum Gasteiger partial charge on any atom is 0.300 e. The molecule has 0 aromatic carbocycles. The van der Waals surface area contributed by atoms with Crippen LogP contribution in [0.1, 0.15) is 29.9 Å². The average Bonchev–Trinajstić information content (AvgIpc) is 2.74. The third-order valence-corrected chi connectivity index (χ3v) is 6.33. The highest BCUT2D eigenvalue weighted by atomic mass is 32.2. The number of halogens is 1. The van der Waals surface area contributed by atoms with Gasteiger partial charge in [-0.2, -0.15) is 13.1 Å². The number of hydrogen-bond donors (Lipinski definition) is 3. The predicted octanol–water partition coefficient (Wildman–Crippen LogP) is 0.952. The number of nitrogens with zero attached hydrogens (tertiary/aromatic N) is 4. The van der Waals surface area contributed by atoms with Crippen LogP contribution in [0.4, 0.5) is 15.9 Å².